The first kappa shape index (κ1) is 11.7. The third-order valence-corrected chi connectivity index (χ3v) is 2.93. The first-order valence-corrected chi connectivity index (χ1v) is 5.65. The number of phenolic OH excluding ortho intramolecular Hbond substituents is 1. The summed E-state index contributed by atoms with van der Waals surface area (Å²) in [4.78, 5) is 11.4. The molecular weight excluding hydrogens is 222 g/mol. The van der Waals surface area contributed by atoms with Crippen LogP contribution in [-0.4, -0.2) is 22.3 Å². The average molecular weight is 237 g/mol. The second kappa shape index (κ2) is 5.05. The van der Waals surface area contributed by atoms with Gasteiger partial charge in [-0.1, -0.05) is 6.07 Å². The molecule has 1 aliphatic rings. The third kappa shape index (κ3) is 2.50. The number of nitrogens with one attached hydrogen (secondary N) is 1. The smallest absolute Gasteiger partial charge is 0.282 e. The van der Waals surface area contributed by atoms with Crippen molar-refractivity contribution in [3.8, 4) is 11.5 Å². The fourth-order valence-electron chi connectivity index (χ4n) is 2.09. The summed E-state index contributed by atoms with van der Waals surface area (Å²) in [5.74, 6) is -0.661. The molecule has 5 nitrogen and oxygen atoms in total. The van der Waals surface area contributed by atoms with E-state index >= 15 is 0 Å². The Morgan fingerprint density at radius 2 is 2.06 bits per heavy atom. The Balaban J connectivity index is 2.25. The van der Waals surface area contributed by atoms with E-state index in [0.717, 1.165) is 25.7 Å². The number of aromatic hydroxyl groups is 1. The molecule has 0 bridgehead atoms. The summed E-state index contributed by atoms with van der Waals surface area (Å²) in [5, 5.41) is 18.2. The van der Waals surface area contributed by atoms with Gasteiger partial charge in [0.15, 0.2) is 0 Å². The van der Waals surface area contributed by atoms with Crippen LogP contribution in [0.4, 0.5) is 0 Å². The highest BCUT2D eigenvalue weighted by atomic mass is 16.5. The zero-order valence-corrected chi connectivity index (χ0v) is 9.35. The summed E-state index contributed by atoms with van der Waals surface area (Å²) in [7, 11) is 0. The van der Waals surface area contributed by atoms with Crippen molar-refractivity contribution >= 4 is 5.91 Å². The average Bonchev–Trinajstić information content (AvgIpc) is 2.81. The Labute approximate surface area is 99.0 Å². The van der Waals surface area contributed by atoms with Gasteiger partial charge in [0.05, 0.1) is 6.10 Å². The Morgan fingerprint density at radius 1 is 1.35 bits per heavy atom. The lowest BCUT2D eigenvalue weighted by atomic mass is 10.1. The molecule has 1 saturated carbocycles. The maximum absolute atomic E-state index is 11.4. The molecule has 0 atom stereocenters. The quantitative estimate of drug-likeness (QED) is 0.553. The lowest BCUT2D eigenvalue weighted by molar-refractivity contribution is 0.0696. The van der Waals surface area contributed by atoms with Crippen molar-refractivity contribution in [2.45, 2.75) is 31.8 Å². The van der Waals surface area contributed by atoms with E-state index in [9.17, 15) is 9.90 Å². The van der Waals surface area contributed by atoms with Crippen LogP contribution in [-0.2, 0) is 0 Å². The van der Waals surface area contributed by atoms with E-state index in [-0.39, 0.29) is 17.4 Å². The summed E-state index contributed by atoms with van der Waals surface area (Å²) in [6.45, 7) is 0. The van der Waals surface area contributed by atoms with Gasteiger partial charge in [-0.3, -0.25) is 10.0 Å². The van der Waals surface area contributed by atoms with Crippen molar-refractivity contribution < 1.29 is 19.8 Å². The lowest BCUT2D eigenvalue weighted by Gasteiger charge is -2.16. The van der Waals surface area contributed by atoms with E-state index in [1.807, 2.05) is 0 Å². The van der Waals surface area contributed by atoms with E-state index in [2.05, 4.69) is 0 Å². The predicted molar refractivity (Wildman–Crippen MR) is 60.2 cm³/mol. The second-order valence-electron chi connectivity index (χ2n) is 4.12. The van der Waals surface area contributed by atoms with E-state index in [0.29, 0.717) is 5.75 Å². The van der Waals surface area contributed by atoms with Gasteiger partial charge >= 0.3 is 0 Å². The van der Waals surface area contributed by atoms with Gasteiger partial charge in [0, 0.05) is 0 Å². The number of amides is 1. The van der Waals surface area contributed by atoms with Crippen molar-refractivity contribution in [2.24, 2.45) is 0 Å². The number of phenols is 1. The maximum Gasteiger partial charge on any atom is 0.282 e. The Kier molecular flexibility index (Phi) is 3.49. The summed E-state index contributed by atoms with van der Waals surface area (Å²) >= 11 is 0. The van der Waals surface area contributed by atoms with Gasteiger partial charge in [0.25, 0.3) is 5.91 Å². The molecule has 0 unspecified atom stereocenters. The molecule has 0 spiro atoms. The SMILES string of the molecule is O=C(NO)c1c(O)cccc1OC1CCCC1. The van der Waals surface area contributed by atoms with Crippen LogP contribution in [0.5, 0.6) is 11.5 Å². The van der Waals surface area contributed by atoms with Crippen LogP contribution in [0.25, 0.3) is 0 Å². The van der Waals surface area contributed by atoms with Crippen LogP contribution in [0.3, 0.4) is 0 Å². The monoisotopic (exact) mass is 237 g/mol. The van der Waals surface area contributed by atoms with Crippen LogP contribution < -0.4 is 10.2 Å². The molecule has 1 amide bonds. The van der Waals surface area contributed by atoms with Crippen LogP contribution >= 0.6 is 0 Å². The zero-order chi connectivity index (χ0) is 12.3. The van der Waals surface area contributed by atoms with E-state index in [1.54, 1.807) is 12.1 Å². The molecule has 0 saturated heterocycles. The van der Waals surface area contributed by atoms with E-state index in [1.165, 1.54) is 11.5 Å². The van der Waals surface area contributed by atoms with E-state index in [4.69, 9.17) is 9.94 Å². The predicted octanol–water partition coefficient (Wildman–Crippen LogP) is 1.83. The van der Waals surface area contributed by atoms with Crippen molar-refractivity contribution in [3.63, 3.8) is 0 Å². The molecule has 1 aromatic carbocycles. The Hall–Kier alpha value is -1.75. The molecule has 92 valence electrons. The highest BCUT2D eigenvalue weighted by Crippen LogP contribution is 2.31. The number of ether oxygens (including phenoxy) is 1. The molecule has 0 aliphatic heterocycles. The molecule has 3 N–H and O–H groups in total. The molecule has 2 rings (SSSR count). The number of hydrogen-bond donors (Lipinski definition) is 3. The first-order valence-electron chi connectivity index (χ1n) is 5.65. The Morgan fingerprint density at radius 3 is 2.71 bits per heavy atom. The number of benzene rings is 1. The highest BCUT2D eigenvalue weighted by molar-refractivity contribution is 5.98. The number of hydrogen-bond acceptors (Lipinski definition) is 4. The van der Waals surface area contributed by atoms with Gasteiger partial charge in [-0.2, -0.15) is 0 Å². The lowest BCUT2D eigenvalue weighted by Crippen LogP contribution is -2.21. The zero-order valence-electron chi connectivity index (χ0n) is 9.35. The fraction of sp³-hybridized carbons (Fsp3) is 0.417. The molecule has 1 fully saturated rings. The molecule has 0 aromatic heterocycles. The van der Waals surface area contributed by atoms with Gasteiger partial charge < -0.3 is 9.84 Å². The van der Waals surface area contributed by atoms with Crippen molar-refractivity contribution in [2.75, 3.05) is 0 Å². The van der Waals surface area contributed by atoms with Gasteiger partial charge in [-0.15, -0.1) is 0 Å². The highest BCUT2D eigenvalue weighted by Gasteiger charge is 2.22. The molecule has 5 heteroatoms. The number of rotatable bonds is 3. The van der Waals surface area contributed by atoms with Crippen LogP contribution in [0.15, 0.2) is 18.2 Å². The molecule has 0 heterocycles. The van der Waals surface area contributed by atoms with Gasteiger partial charge in [-0.05, 0) is 37.8 Å². The number of carbonyl (C=O) groups excluding carboxylic acids is 1. The van der Waals surface area contributed by atoms with Crippen LogP contribution in [0.2, 0.25) is 0 Å². The van der Waals surface area contributed by atoms with Crippen LogP contribution in [0, 0.1) is 0 Å². The number of carbonyl (C=O) groups is 1. The molecule has 1 aromatic rings. The minimum atomic E-state index is -0.768. The molecule has 1 aliphatic carbocycles. The van der Waals surface area contributed by atoms with Crippen LogP contribution in [0.1, 0.15) is 36.0 Å². The summed E-state index contributed by atoms with van der Waals surface area (Å²) in [6, 6.07) is 4.60. The molecule has 17 heavy (non-hydrogen) atoms. The minimum absolute atomic E-state index is 0.0260. The number of hydroxylamine groups is 1. The summed E-state index contributed by atoms with van der Waals surface area (Å²) in [5.41, 5.74) is 1.48. The molecule has 0 radical (unpaired) electrons. The topological polar surface area (TPSA) is 78.8 Å². The third-order valence-electron chi connectivity index (χ3n) is 2.93. The molecular formula is C12H15NO4. The van der Waals surface area contributed by atoms with E-state index < -0.39 is 5.91 Å². The maximum atomic E-state index is 11.4. The second-order valence-corrected chi connectivity index (χ2v) is 4.12. The van der Waals surface area contributed by atoms with Gasteiger partial charge in [-0.25, -0.2) is 5.48 Å². The summed E-state index contributed by atoms with van der Waals surface area (Å²) < 4.78 is 5.68. The largest absolute Gasteiger partial charge is 0.507 e. The Bertz CT molecular complexity index is 413. The summed E-state index contributed by atoms with van der Waals surface area (Å²) in [6.07, 6.45) is 4.23. The van der Waals surface area contributed by atoms with Crippen molar-refractivity contribution in [3.05, 3.63) is 23.8 Å². The minimum Gasteiger partial charge on any atom is -0.507 e. The fourth-order valence-corrected chi connectivity index (χ4v) is 2.09. The van der Waals surface area contributed by atoms with Gasteiger partial charge in [0.1, 0.15) is 17.1 Å². The van der Waals surface area contributed by atoms with Gasteiger partial charge in [0.2, 0.25) is 0 Å². The van der Waals surface area contributed by atoms with Crippen molar-refractivity contribution in [1.29, 1.82) is 0 Å². The first-order chi connectivity index (χ1) is 8.22. The van der Waals surface area contributed by atoms with Crippen molar-refractivity contribution in [1.82, 2.24) is 5.48 Å². The normalized spacial score (nSPS) is 15.8. The standard InChI is InChI=1S/C12H15NO4/c14-9-6-3-7-10(11(9)12(15)13-16)17-8-4-1-2-5-8/h3,6-8,14,16H,1-2,4-5H2,(H,13,15).